The number of ketones is 1. The number of halogens is 1. The van der Waals surface area contributed by atoms with Gasteiger partial charge in [0.25, 0.3) is 0 Å². The highest BCUT2D eigenvalue weighted by Gasteiger charge is 2.17. The van der Waals surface area contributed by atoms with E-state index in [-0.39, 0.29) is 29.6 Å². The molecule has 8 heteroatoms. The van der Waals surface area contributed by atoms with E-state index >= 15 is 0 Å². The van der Waals surface area contributed by atoms with Crippen LogP contribution >= 0.6 is 22.9 Å². The summed E-state index contributed by atoms with van der Waals surface area (Å²) in [6.07, 6.45) is 0. The van der Waals surface area contributed by atoms with Crippen LogP contribution < -0.4 is 9.47 Å². The Balaban J connectivity index is 2.08. The number of hydrogen-bond donors (Lipinski definition) is 0. The highest BCUT2D eigenvalue weighted by molar-refractivity contribution is 7.18. The number of carbonyl (C=O) groups is 1. The van der Waals surface area contributed by atoms with Gasteiger partial charge in [-0.05, 0) is 24.3 Å². The Morgan fingerprint density at radius 1 is 1.38 bits per heavy atom. The number of nitro benzene ring substituents is 1. The van der Waals surface area contributed by atoms with Crippen molar-refractivity contribution in [3.63, 3.8) is 0 Å². The van der Waals surface area contributed by atoms with Gasteiger partial charge in [0.15, 0.2) is 12.4 Å². The molecule has 0 aliphatic carbocycles. The van der Waals surface area contributed by atoms with E-state index in [1.54, 1.807) is 12.1 Å². The van der Waals surface area contributed by atoms with Crippen molar-refractivity contribution in [1.82, 2.24) is 0 Å². The van der Waals surface area contributed by atoms with E-state index in [4.69, 9.17) is 21.1 Å². The molecule has 1 aromatic carbocycles. The summed E-state index contributed by atoms with van der Waals surface area (Å²) in [6.45, 7) is -0.222. The van der Waals surface area contributed by atoms with E-state index in [1.165, 1.54) is 25.3 Å². The van der Waals surface area contributed by atoms with Gasteiger partial charge in [-0.15, -0.1) is 11.3 Å². The summed E-state index contributed by atoms with van der Waals surface area (Å²) >= 11 is 6.90. The fourth-order valence-corrected chi connectivity index (χ4v) is 2.55. The fourth-order valence-electron chi connectivity index (χ4n) is 1.59. The zero-order chi connectivity index (χ0) is 15.4. The Kier molecular flexibility index (Phi) is 4.77. The fraction of sp³-hybridized carbons (Fsp3) is 0.154. The van der Waals surface area contributed by atoms with E-state index < -0.39 is 4.92 Å². The third kappa shape index (κ3) is 3.71. The Labute approximate surface area is 129 Å². The second kappa shape index (κ2) is 6.55. The number of Topliss-reactive ketones (excluding diaryl/α,β-unsaturated/α-hetero) is 1. The maximum Gasteiger partial charge on any atom is 0.314 e. The molecule has 0 fully saturated rings. The van der Waals surface area contributed by atoms with Crippen LogP contribution in [-0.4, -0.2) is 24.4 Å². The first-order chi connectivity index (χ1) is 10.0. The van der Waals surface area contributed by atoms with Crippen molar-refractivity contribution in [1.29, 1.82) is 0 Å². The van der Waals surface area contributed by atoms with Gasteiger partial charge in [0, 0.05) is 0 Å². The molecule has 0 unspecified atom stereocenters. The van der Waals surface area contributed by atoms with Crippen molar-refractivity contribution >= 4 is 34.4 Å². The molecule has 0 N–H and O–H groups in total. The molecule has 1 heterocycles. The standard InChI is InChI=1S/C13H10ClNO5S/c1-19-11-3-2-8(6-9(11)15(17)18)20-7-10(16)12-4-5-13(14)21-12/h2-6H,7H2,1H3. The summed E-state index contributed by atoms with van der Waals surface area (Å²) in [5.41, 5.74) is -0.221. The zero-order valence-electron chi connectivity index (χ0n) is 10.9. The van der Waals surface area contributed by atoms with Crippen LogP contribution in [0.1, 0.15) is 9.67 Å². The molecule has 0 radical (unpaired) electrons. The average molecular weight is 328 g/mol. The van der Waals surface area contributed by atoms with Gasteiger partial charge in [0.1, 0.15) is 5.75 Å². The average Bonchev–Trinajstić information content (AvgIpc) is 2.91. The molecule has 0 aliphatic heterocycles. The van der Waals surface area contributed by atoms with E-state index in [1.807, 2.05) is 0 Å². The van der Waals surface area contributed by atoms with Gasteiger partial charge in [0.05, 0.1) is 27.3 Å². The topological polar surface area (TPSA) is 78.7 Å². The number of methoxy groups -OCH3 is 1. The predicted molar refractivity (Wildman–Crippen MR) is 78.8 cm³/mol. The minimum Gasteiger partial charge on any atom is -0.490 e. The number of nitro groups is 1. The SMILES string of the molecule is COc1ccc(OCC(=O)c2ccc(Cl)s2)cc1[N+](=O)[O-]. The lowest BCUT2D eigenvalue weighted by atomic mass is 10.2. The van der Waals surface area contributed by atoms with Gasteiger partial charge in [-0.25, -0.2) is 0 Å². The van der Waals surface area contributed by atoms with Crippen LogP contribution in [0.3, 0.4) is 0 Å². The van der Waals surface area contributed by atoms with Crippen molar-refractivity contribution in [2.45, 2.75) is 0 Å². The normalized spacial score (nSPS) is 10.2. The number of hydrogen-bond acceptors (Lipinski definition) is 6. The summed E-state index contributed by atoms with van der Waals surface area (Å²) in [5.74, 6) is 0.104. The molecule has 2 rings (SSSR count). The summed E-state index contributed by atoms with van der Waals surface area (Å²) in [6, 6.07) is 7.36. The molecule has 0 saturated carbocycles. The van der Waals surface area contributed by atoms with E-state index in [2.05, 4.69) is 0 Å². The number of benzene rings is 1. The summed E-state index contributed by atoms with van der Waals surface area (Å²) in [7, 11) is 1.34. The summed E-state index contributed by atoms with van der Waals surface area (Å²) in [4.78, 5) is 22.6. The summed E-state index contributed by atoms with van der Waals surface area (Å²) in [5, 5.41) is 10.9. The highest BCUT2D eigenvalue weighted by Crippen LogP contribution is 2.31. The molecular formula is C13H10ClNO5S. The van der Waals surface area contributed by atoms with Crippen LogP contribution in [0.15, 0.2) is 30.3 Å². The molecule has 0 aliphatic rings. The molecule has 21 heavy (non-hydrogen) atoms. The van der Waals surface area contributed by atoms with E-state index in [0.29, 0.717) is 9.21 Å². The summed E-state index contributed by atoms with van der Waals surface area (Å²) < 4.78 is 10.7. The van der Waals surface area contributed by atoms with Crippen molar-refractivity contribution in [3.8, 4) is 11.5 Å². The Hall–Kier alpha value is -2.12. The quantitative estimate of drug-likeness (QED) is 0.460. The number of carbonyl (C=O) groups excluding carboxylic acids is 1. The largest absolute Gasteiger partial charge is 0.490 e. The molecule has 0 atom stereocenters. The van der Waals surface area contributed by atoms with Crippen molar-refractivity contribution in [2.75, 3.05) is 13.7 Å². The zero-order valence-corrected chi connectivity index (χ0v) is 12.4. The third-order valence-electron chi connectivity index (χ3n) is 2.56. The molecule has 0 spiro atoms. The second-order valence-electron chi connectivity index (χ2n) is 3.91. The van der Waals surface area contributed by atoms with Gasteiger partial charge >= 0.3 is 5.69 Å². The van der Waals surface area contributed by atoms with Gasteiger partial charge in [-0.3, -0.25) is 14.9 Å². The monoisotopic (exact) mass is 327 g/mol. The molecule has 6 nitrogen and oxygen atoms in total. The van der Waals surface area contributed by atoms with Crippen LogP contribution in [-0.2, 0) is 0 Å². The number of rotatable bonds is 6. The Morgan fingerprint density at radius 2 is 2.14 bits per heavy atom. The lowest BCUT2D eigenvalue weighted by Crippen LogP contribution is -2.10. The first-order valence-electron chi connectivity index (χ1n) is 5.75. The van der Waals surface area contributed by atoms with Crippen LogP contribution in [0.5, 0.6) is 11.5 Å². The molecule has 110 valence electrons. The highest BCUT2D eigenvalue weighted by atomic mass is 35.5. The second-order valence-corrected chi connectivity index (χ2v) is 5.62. The molecule has 0 saturated heterocycles. The number of ether oxygens (including phenoxy) is 2. The lowest BCUT2D eigenvalue weighted by molar-refractivity contribution is -0.385. The van der Waals surface area contributed by atoms with Crippen LogP contribution in [0.2, 0.25) is 4.34 Å². The van der Waals surface area contributed by atoms with E-state index in [0.717, 1.165) is 11.3 Å². The maximum atomic E-state index is 11.8. The van der Waals surface area contributed by atoms with Crippen LogP contribution in [0.25, 0.3) is 0 Å². The van der Waals surface area contributed by atoms with Crippen molar-refractivity contribution in [2.24, 2.45) is 0 Å². The van der Waals surface area contributed by atoms with Gasteiger partial charge in [-0.1, -0.05) is 11.6 Å². The van der Waals surface area contributed by atoms with Crippen LogP contribution in [0.4, 0.5) is 5.69 Å². The van der Waals surface area contributed by atoms with E-state index in [9.17, 15) is 14.9 Å². The molecular weight excluding hydrogens is 318 g/mol. The van der Waals surface area contributed by atoms with Crippen LogP contribution in [0, 0.1) is 10.1 Å². The number of nitrogens with zero attached hydrogens (tertiary/aromatic N) is 1. The molecule has 0 amide bonds. The molecule has 1 aromatic heterocycles. The number of thiophene rings is 1. The Bertz CT molecular complexity index is 685. The third-order valence-corrected chi connectivity index (χ3v) is 3.84. The minimum atomic E-state index is -0.577. The Morgan fingerprint density at radius 3 is 2.71 bits per heavy atom. The van der Waals surface area contributed by atoms with Gasteiger partial charge in [0.2, 0.25) is 5.78 Å². The van der Waals surface area contributed by atoms with Crippen molar-refractivity contribution in [3.05, 3.63) is 49.7 Å². The smallest absolute Gasteiger partial charge is 0.314 e. The minimum absolute atomic E-state index is 0.128. The first kappa shape index (κ1) is 15.3. The molecule has 0 bridgehead atoms. The lowest BCUT2D eigenvalue weighted by Gasteiger charge is -2.06. The first-order valence-corrected chi connectivity index (χ1v) is 6.94. The maximum absolute atomic E-state index is 11.8. The van der Waals surface area contributed by atoms with Crippen molar-refractivity contribution < 1.29 is 19.2 Å². The van der Waals surface area contributed by atoms with Gasteiger partial charge < -0.3 is 9.47 Å². The predicted octanol–water partition coefficient (Wildman–Crippen LogP) is 3.58. The van der Waals surface area contributed by atoms with Gasteiger partial charge in [-0.2, -0.15) is 0 Å². The molecule has 2 aromatic rings.